The van der Waals surface area contributed by atoms with Crippen LogP contribution in [-0.4, -0.2) is 29.2 Å². The van der Waals surface area contributed by atoms with Gasteiger partial charge in [0.1, 0.15) is 5.82 Å². The second-order valence-corrected chi connectivity index (χ2v) is 4.16. The quantitative estimate of drug-likeness (QED) is 0.798. The fourth-order valence-electron chi connectivity index (χ4n) is 1.57. The summed E-state index contributed by atoms with van der Waals surface area (Å²) < 4.78 is 0. The molecule has 0 atom stereocenters. The number of benzene rings is 1. The lowest BCUT2D eigenvalue weighted by Gasteiger charge is -2.07. The van der Waals surface area contributed by atoms with Crippen LogP contribution in [0.4, 0.5) is 5.82 Å². The van der Waals surface area contributed by atoms with Gasteiger partial charge in [0.05, 0.1) is 0 Å². The Balaban J connectivity index is 1.74. The first-order valence-electron chi connectivity index (χ1n) is 6.12. The molecule has 5 nitrogen and oxygen atoms in total. The van der Waals surface area contributed by atoms with Gasteiger partial charge in [0.15, 0.2) is 0 Å². The number of rotatable bonds is 5. The van der Waals surface area contributed by atoms with Gasteiger partial charge >= 0.3 is 0 Å². The number of carbonyl (C=O) groups is 1. The Labute approximate surface area is 112 Å². The number of aromatic nitrogens is 2. The highest BCUT2D eigenvalue weighted by atomic mass is 16.1. The highest BCUT2D eigenvalue weighted by Gasteiger charge is 2.03. The van der Waals surface area contributed by atoms with E-state index in [1.807, 2.05) is 37.3 Å². The Morgan fingerprint density at radius 3 is 2.63 bits per heavy atom. The van der Waals surface area contributed by atoms with Gasteiger partial charge in [0.25, 0.3) is 5.91 Å². The lowest BCUT2D eigenvalue weighted by molar-refractivity contribution is 0.0955. The molecule has 0 radical (unpaired) electrons. The zero-order valence-electron chi connectivity index (χ0n) is 10.8. The van der Waals surface area contributed by atoms with E-state index in [-0.39, 0.29) is 5.91 Å². The molecule has 98 valence electrons. The van der Waals surface area contributed by atoms with Gasteiger partial charge in [-0.1, -0.05) is 17.7 Å². The third-order valence-electron chi connectivity index (χ3n) is 2.60. The Kier molecular flexibility index (Phi) is 4.44. The molecule has 2 aromatic rings. The zero-order chi connectivity index (χ0) is 13.5. The number of aryl methyl sites for hydroxylation is 1. The molecule has 0 aliphatic heterocycles. The average Bonchev–Trinajstić information content (AvgIpc) is 2.45. The maximum Gasteiger partial charge on any atom is 0.251 e. The van der Waals surface area contributed by atoms with Crippen LogP contribution in [0.25, 0.3) is 0 Å². The van der Waals surface area contributed by atoms with E-state index in [0.717, 1.165) is 5.56 Å². The van der Waals surface area contributed by atoms with Crippen molar-refractivity contribution in [2.45, 2.75) is 6.92 Å². The Hall–Kier alpha value is -2.43. The predicted molar refractivity (Wildman–Crippen MR) is 74.0 cm³/mol. The highest BCUT2D eigenvalue weighted by Crippen LogP contribution is 2.02. The number of nitrogens with zero attached hydrogens (tertiary/aromatic N) is 2. The van der Waals surface area contributed by atoms with Gasteiger partial charge in [-0.3, -0.25) is 4.79 Å². The van der Waals surface area contributed by atoms with Crippen LogP contribution < -0.4 is 10.6 Å². The molecule has 0 aliphatic carbocycles. The molecule has 2 rings (SSSR count). The molecule has 0 saturated carbocycles. The van der Waals surface area contributed by atoms with Crippen molar-refractivity contribution in [3.8, 4) is 0 Å². The van der Waals surface area contributed by atoms with Crippen molar-refractivity contribution in [1.29, 1.82) is 0 Å². The fourth-order valence-corrected chi connectivity index (χ4v) is 1.57. The third-order valence-corrected chi connectivity index (χ3v) is 2.60. The first kappa shape index (κ1) is 13.0. The summed E-state index contributed by atoms with van der Waals surface area (Å²) >= 11 is 0. The van der Waals surface area contributed by atoms with Gasteiger partial charge in [0, 0.05) is 24.8 Å². The smallest absolute Gasteiger partial charge is 0.251 e. The minimum Gasteiger partial charge on any atom is -0.367 e. The Morgan fingerprint density at radius 2 is 1.95 bits per heavy atom. The van der Waals surface area contributed by atoms with Crippen LogP contribution in [0.1, 0.15) is 15.9 Å². The largest absolute Gasteiger partial charge is 0.367 e. The van der Waals surface area contributed by atoms with Crippen molar-refractivity contribution in [2.75, 3.05) is 18.4 Å². The van der Waals surface area contributed by atoms with E-state index in [1.165, 1.54) is 0 Å². The summed E-state index contributed by atoms with van der Waals surface area (Å²) in [6.45, 7) is 3.13. The van der Waals surface area contributed by atoms with E-state index in [4.69, 9.17) is 0 Å². The van der Waals surface area contributed by atoms with Crippen molar-refractivity contribution in [3.05, 3.63) is 53.7 Å². The maximum atomic E-state index is 11.8. The van der Waals surface area contributed by atoms with E-state index in [9.17, 15) is 4.79 Å². The molecular formula is C14H16N4O. The van der Waals surface area contributed by atoms with Crippen molar-refractivity contribution in [1.82, 2.24) is 15.5 Å². The fraction of sp³-hybridized carbons (Fsp3) is 0.214. The number of hydrogen-bond donors (Lipinski definition) is 2. The van der Waals surface area contributed by atoms with Crippen LogP contribution in [0, 0.1) is 6.92 Å². The average molecular weight is 256 g/mol. The first-order valence-corrected chi connectivity index (χ1v) is 6.12. The van der Waals surface area contributed by atoms with Crippen molar-refractivity contribution < 1.29 is 4.79 Å². The van der Waals surface area contributed by atoms with Crippen LogP contribution in [0.2, 0.25) is 0 Å². The summed E-state index contributed by atoms with van der Waals surface area (Å²) in [5.74, 6) is 0.632. The van der Waals surface area contributed by atoms with Crippen molar-refractivity contribution in [2.24, 2.45) is 0 Å². The Bertz CT molecular complexity index is 525. The molecule has 1 aromatic heterocycles. The zero-order valence-corrected chi connectivity index (χ0v) is 10.8. The summed E-state index contributed by atoms with van der Waals surface area (Å²) in [6, 6.07) is 11.1. The van der Waals surface area contributed by atoms with Gasteiger partial charge in [-0.05, 0) is 31.2 Å². The Morgan fingerprint density at radius 1 is 1.16 bits per heavy atom. The standard InChI is InChI=1S/C14H16N4O/c1-11-4-6-12(7-5-11)14(19)16-10-9-15-13-3-2-8-17-18-13/h2-8H,9-10H2,1H3,(H,15,18)(H,16,19). The molecule has 0 aliphatic rings. The number of hydrogen-bond acceptors (Lipinski definition) is 4. The van der Waals surface area contributed by atoms with E-state index in [2.05, 4.69) is 20.8 Å². The molecule has 1 aromatic carbocycles. The molecular weight excluding hydrogens is 240 g/mol. The summed E-state index contributed by atoms with van der Waals surface area (Å²) in [4.78, 5) is 11.8. The molecule has 0 unspecified atom stereocenters. The second-order valence-electron chi connectivity index (χ2n) is 4.16. The molecule has 5 heteroatoms. The molecule has 0 spiro atoms. The number of anilines is 1. The number of amides is 1. The summed E-state index contributed by atoms with van der Waals surface area (Å²) in [7, 11) is 0. The van der Waals surface area contributed by atoms with Crippen LogP contribution in [0.5, 0.6) is 0 Å². The number of nitrogens with one attached hydrogen (secondary N) is 2. The normalized spacial score (nSPS) is 9.95. The van der Waals surface area contributed by atoms with Gasteiger partial charge < -0.3 is 10.6 Å². The van der Waals surface area contributed by atoms with Crippen LogP contribution in [0.3, 0.4) is 0 Å². The maximum absolute atomic E-state index is 11.8. The SMILES string of the molecule is Cc1ccc(C(=O)NCCNc2cccnn2)cc1. The third kappa shape index (κ3) is 4.06. The van der Waals surface area contributed by atoms with Crippen LogP contribution >= 0.6 is 0 Å². The minimum absolute atomic E-state index is 0.0686. The van der Waals surface area contributed by atoms with Crippen LogP contribution in [-0.2, 0) is 0 Å². The molecule has 1 amide bonds. The van der Waals surface area contributed by atoms with Crippen LogP contribution in [0.15, 0.2) is 42.6 Å². The van der Waals surface area contributed by atoms with Gasteiger partial charge in [0.2, 0.25) is 0 Å². The van der Waals surface area contributed by atoms with Gasteiger partial charge in [-0.2, -0.15) is 5.10 Å². The second kappa shape index (κ2) is 6.49. The summed E-state index contributed by atoms with van der Waals surface area (Å²) in [6.07, 6.45) is 1.62. The first-order chi connectivity index (χ1) is 9.25. The molecule has 0 bridgehead atoms. The van der Waals surface area contributed by atoms with E-state index in [0.29, 0.717) is 24.5 Å². The monoisotopic (exact) mass is 256 g/mol. The van der Waals surface area contributed by atoms with E-state index in [1.54, 1.807) is 12.3 Å². The minimum atomic E-state index is -0.0686. The number of carbonyl (C=O) groups excluding carboxylic acids is 1. The van der Waals surface area contributed by atoms with E-state index < -0.39 is 0 Å². The molecule has 0 fully saturated rings. The van der Waals surface area contributed by atoms with Gasteiger partial charge in [-0.25, -0.2) is 0 Å². The molecule has 2 N–H and O–H groups in total. The highest BCUT2D eigenvalue weighted by molar-refractivity contribution is 5.94. The summed E-state index contributed by atoms with van der Waals surface area (Å²) in [5.41, 5.74) is 1.81. The lowest BCUT2D eigenvalue weighted by atomic mass is 10.1. The van der Waals surface area contributed by atoms with E-state index >= 15 is 0 Å². The summed E-state index contributed by atoms with van der Waals surface area (Å²) in [5, 5.41) is 13.6. The van der Waals surface area contributed by atoms with Crippen molar-refractivity contribution >= 4 is 11.7 Å². The van der Waals surface area contributed by atoms with Gasteiger partial charge in [-0.15, -0.1) is 5.10 Å². The predicted octanol–water partition coefficient (Wildman–Crippen LogP) is 1.63. The molecule has 19 heavy (non-hydrogen) atoms. The van der Waals surface area contributed by atoms with Crippen molar-refractivity contribution in [3.63, 3.8) is 0 Å². The molecule has 0 saturated heterocycles. The molecule has 1 heterocycles. The topological polar surface area (TPSA) is 66.9 Å². The lowest BCUT2D eigenvalue weighted by Crippen LogP contribution is -2.28.